The lowest BCUT2D eigenvalue weighted by molar-refractivity contribution is -0.138. The summed E-state index contributed by atoms with van der Waals surface area (Å²) in [6, 6.07) is 10.6. The molecule has 0 saturated heterocycles. The summed E-state index contributed by atoms with van der Waals surface area (Å²) in [5.74, 6) is -0.464. The lowest BCUT2D eigenvalue weighted by Crippen LogP contribution is -2.10. The zero-order valence-electron chi connectivity index (χ0n) is 19.9. The third kappa shape index (κ3) is 8.56. The maximum absolute atomic E-state index is 12.8. The minimum Gasteiger partial charge on any atom is -0.462 e. The topological polar surface area (TPSA) is 50.1 Å². The van der Waals surface area contributed by atoms with Crippen molar-refractivity contribution in [3.8, 4) is 15.8 Å². The number of ether oxygens (including phenoxy) is 1. The Labute approximate surface area is 202 Å². The molecule has 0 saturated carbocycles. The van der Waals surface area contributed by atoms with Crippen LogP contribution in [0.2, 0.25) is 0 Å². The Morgan fingerprint density at radius 1 is 0.875 bits per heavy atom. The number of hydrogen-bond acceptors (Lipinski definition) is 5. The molecular weight excluding hydrogens is 434 g/mol. The SMILES string of the molecule is CCCCCCCCOC(=O)/C(C#N)=C(\CCCCCC)c1ccc(-c2ccc(C)s2)s1. The van der Waals surface area contributed by atoms with Crippen molar-refractivity contribution in [2.24, 2.45) is 0 Å². The molecule has 0 aliphatic carbocycles. The third-order valence-electron chi connectivity index (χ3n) is 5.52. The fourth-order valence-electron chi connectivity index (χ4n) is 3.66. The normalized spacial score (nSPS) is 11.8. The Kier molecular flexibility index (Phi) is 12.4. The molecule has 2 aromatic heterocycles. The van der Waals surface area contributed by atoms with Crippen molar-refractivity contribution in [2.75, 3.05) is 6.61 Å². The predicted molar refractivity (Wildman–Crippen MR) is 138 cm³/mol. The van der Waals surface area contributed by atoms with E-state index in [1.54, 1.807) is 22.7 Å². The van der Waals surface area contributed by atoms with Gasteiger partial charge in [0.1, 0.15) is 11.6 Å². The summed E-state index contributed by atoms with van der Waals surface area (Å²) < 4.78 is 5.51. The third-order valence-corrected chi connectivity index (χ3v) is 7.86. The summed E-state index contributed by atoms with van der Waals surface area (Å²) in [5.41, 5.74) is 1.03. The van der Waals surface area contributed by atoms with Crippen molar-refractivity contribution in [1.29, 1.82) is 5.26 Å². The number of allylic oxidation sites excluding steroid dienone is 1. The predicted octanol–water partition coefficient (Wildman–Crippen LogP) is 8.94. The maximum Gasteiger partial charge on any atom is 0.349 e. The van der Waals surface area contributed by atoms with Crippen molar-refractivity contribution in [3.63, 3.8) is 0 Å². The number of thiophene rings is 2. The molecular formula is C27H37NO2S2. The molecule has 2 heterocycles. The van der Waals surface area contributed by atoms with E-state index in [0.717, 1.165) is 49.0 Å². The first kappa shape index (κ1) is 26.4. The summed E-state index contributed by atoms with van der Waals surface area (Å²) in [6.45, 7) is 6.89. The van der Waals surface area contributed by atoms with Gasteiger partial charge in [0, 0.05) is 19.5 Å². The van der Waals surface area contributed by atoms with Gasteiger partial charge in [0.15, 0.2) is 0 Å². The van der Waals surface area contributed by atoms with Crippen molar-refractivity contribution in [3.05, 3.63) is 39.6 Å². The fraction of sp³-hybridized carbons (Fsp3) is 0.556. The number of aryl methyl sites for hydroxylation is 1. The molecule has 0 aliphatic rings. The van der Waals surface area contributed by atoms with Gasteiger partial charge < -0.3 is 4.74 Å². The van der Waals surface area contributed by atoms with Crippen LogP contribution >= 0.6 is 22.7 Å². The van der Waals surface area contributed by atoms with Crippen molar-refractivity contribution in [2.45, 2.75) is 91.4 Å². The monoisotopic (exact) mass is 471 g/mol. The molecule has 2 aromatic rings. The molecule has 0 atom stereocenters. The molecule has 3 nitrogen and oxygen atoms in total. The van der Waals surface area contributed by atoms with Crippen LogP contribution in [-0.4, -0.2) is 12.6 Å². The molecule has 0 bridgehead atoms. The van der Waals surface area contributed by atoms with E-state index in [2.05, 4.69) is 51.1 Å². The number of carbonyl (C=O) groups excluding carboxylic acids is 1. The molecule has 5 heteroatoms. The van der Waals surface area contributed by atoms with Crippen molar-refractivity contribution >= 4 is 34.2 Å². The summed E-state index contributed by atoms with van der Waals surface area (Å²) >= 11 is 3.43. The van der Waals surface area contributed by atoms with Crippen LogP contribution in [0.5, 0.6) is 0 Å². The largest absolute Gasteiger partial charge is 0.462 e. The van der Waals surface area contributed by atoms with Crippen LogP contribution in [-0.2, 0) is 9.53 Å². The molecule has 0 aliphatic heterocycles. The van der Waals surface area contributed by atoms with Gasteiger partial charge in [-0.05, 0) is 56.0 Å². The summed E-state index contributed by atoms with van der Waals surface area (Å²) in [6.07, 6.45) is 12.0. The second-order valence-electron chi connectivity index (χ2n) is 8.25. The molecule has 0 aromatic carbocycles. The van der Waals surface area contributed by atoms with Crippen molar-refractivity contribution in [1.82, 2.24) is 0 Å². The summed E-state index contributed by atoms with van der Waals surface area (Å²) in [4.78, 5) is 17.5. The first-order valence-electron chi connectivity index (χ1n) is 12.1. The molecule has 0 unspecified atom stereocenters. The van der Waals surface area contributed by atoms with E-state index < -0.39 is 5.97 Å². The number of carbonyl (C=O) groups is 1. The van der Waals surface area contributed by atoms with Crippen LogP contribution in [0.4, 0.5) is 0 Å². The number of esters is 1. The number of rotatable bonds is 15. The lowest BCUT2D eigenvalue weighted by atomic mass is 10.00. The second-order valence-corrected chi connectivity index (χ2v) is 10.6. The molecule has 0 fully saturated rings. The number of hydrogen-bond donors (Lipinski definition) is 0. The van der Waals surface area contributed by atoms with Gasteiger partial charge in [-0.2, -0.15) is 5.26 Å². The smallest absolute Gasteiger partial charge is 0.349 e. The molecule has 174 valence electrons. The van der Waals surface area contributed by atoms with Crippen LogP contribution in [0, 0.1) is 18.3 Å². The van der Waals surface area contributed by atoms with E-state index in [1.807, 2.05) is 0 Å². The molecule has 2 rings (SSSR count). The number of nitrogens with zero attached hydrogens (tertiary/aromatic N) is 1. The Morgan fingerprint density at radius 2 is 1.50 bits per heavy atom. The molecule has 0 radical (unpaired) electrons. The number of unbranched alkanes of at least 4 members (excludes halogenated alkanes) is 8. The summed E-state index contributed by atoms with van der Waals surface area (Å²) in [7, 11) is 0. The van der Waals surface area contributed by atoms with Crippen LogP contribution in [0.1, 0.15) is 94.2 Å². The van der Waals surface area contributed by atoms with Gasteiger partial charge in [-0.15, -0.1) is 22.7 Å². The lowest BCUT2D eigenvalue weighted by Gasteiger charge is -2.10. The van der Waals surface area contributed by atoms with Gasteiger partial charge in [0.25, 0.3) is 0 Å². The minimum atomic E-state index is -0.464. The van der Waals surface area contributed by atoms with E-state index in [1.165, 1.54) is 46.7 Å². The Bertz CT molecular complexity index is 901. The van der Waals surface area contributed by atoms with Gasteiger partial charge >= 0.3 is 5.97 Å². The van der Waals surface area contributed by atoms with Gasteiger partial charge in [0.05, 0.1) is 6.61 Å². The van der Waals surface area contributed by atoms with E-state index in [9.17, 15) is 10.1 Å². The van der Waals surface area contributed by atoms with Crippen LogP contribution in [0.25, 0.3) is 15.3 Å². The van der Waals surface area contributed by atoms with Crippen LogP contribution in [0.3, 0.4) is 0 Å². The first-order valence-corrected chi connectivity index (χ1v) is 13.7. The van der Waals surface area contributed by atoms with E-state index in [4.69, 9.17) is 4.74 Å². The minimum absolute atomic E-state index is 0.184. The maximum atomic E-state index is 12.8. The van der Waals surface area contributed by atoms with Crippen LogP contribution in [0.15, 0.2) is 29.8 Å². The number of nitriles is 1. The van der Waals surface area contributed by atoms with Crippen LogP contribution < -0.4 is 0 Å². The standard InChI is InChI=1S/C27H37NO2S2/c1-4-6-8-10-11-13-19-30-27(29)23(20-28)22(14-12-9-7-5-2)24-17-18-26(32-24)25-16-15-21(3)31-25/h15-18H,4-14,19H2,1-3H3/b23-22+. The van der Waals surface area contributed by atoms with E-state index in [-0.39, 0.29) is 5.57 Å². The van der Waals surface area contributed by atoms with Gasteiger partial charge in [-0.1, -0.05) is 65.2 Å². The average Bonchev–Trinajstić information content (AvgIpc) is 3.44. The Balaban J connectivity index is 2.12. The summed E-state index contributed by atoms with van der Waals surface area (Å²) in [5, 5.41) is 9.86. The van der Waals surface area contributed by atoms with Crippen molar-refractivity contribution < 1.29 is 9.53 Å². The average molecular weight is 472 g/mol. The highest BCUT2D eigenvalue weighted by atomic mass is 32.1. The zero-order valence-corrected chi connectivity index (χ0v) is 21.5. The second kappa shape index (κ2) is 15.0. The highest BCUT2D eigenvalue weighted by molar-refractivity contribution is 7.22. The highest BCUT2D eigenvalue weighted by Gasteiger charge is 2.20. The highest BCUT2D eigenvalue weighted by Crippen LogP contribution is 2.38. The Hall–Kier alpha value is -1.90. The quantitative estimate of drug-likeness (QED) is 0.113. The van der Waals surface area contributed by atoms with Gasteiger partial charge in [0.2, 0.25) is 0 Å². The molecule has 0 N–H and O–H groups in total. The fourth-order valence-corrected chi connectivity index (χ4v) is 5.70. The van der Waals surface area contributed by atoms with E-state index in [0.29, 0.717) is 6.61 Å². The first-order chi connectivity index (χ1) is 15.6. The van der Waals surface area contributed by atoms with Gasteiger partial charge in [-0.3, -0.25) is 0 Å². The molecule has 32 heavy (non-hydrogen) atoms. The Morgan fingerprint density at radius 3 is 2.16 bits per heavy atom. The molecule has 0 amide bonds. The van der Waals surface area contributed by atoms with E-state index >= 15 is 0 Å². The van der Waals surface area contributed by atoms with Gasteiger partial charge in [-0.25, -0.2) is 4.79 Å². The molecule has 0 spiro atoms. The zero-order chi connectivity index (χ0) is 23.2.